The minimum Gasteiger partial charge on any atom is -0.497 e. The van der Waals surface area contributed by atoms with Crippen LogP contribution in [0.5, 0.6) is 5.75 Å². The monoisotopic (exact) mass is 412 g/mol. The van der Waals surface area contributed by atoms with Gasteiger partial charge in [0.1, 0.15) is 11.8 Å². The number of carbonyl (C=O) groups excluding carboxylic acids is 1. The van der Waals surface area contributed by atoms with Gasteiger partial charge in [-0.15, -0.1) is 0 Å². The van der Waals surface area contributed by atoms with Crippen LogP contribution in [0.3, 0.4) is 0 Å². The van der Waals surface area contributed by atoms with E-state index >= 15 is 0 Å². The minimum absolute atomic E-state index is 0.234. The van der Waals surface area contributed by atoms with Crippen molar-refractivity contribution >= 4 is 23.3 Å². The van der Waals surface area contributed by atoms with Crippen LogP contribution in [0, 0.1) is 6.92 Å². The Morgan fingerprint density at radius 1 is 1.28 bits per heavy atom. The lowest BCUT2D eigenvalue weighted by molar-refractivity contribution is 0.193. The van der Waals surface area contributed by atoms with E-state index in [0.717, 1.165) is 29.7 Å². The van der Waals surface area contributed by atoms with Crippen molar-refractivity contribution in [3.63, 3.8) is 0 Å². The summed E-state index contributed by atoms with van der Waals surface area (Å²) in [5, 5.41) is 7.47. The second-order valence-corrected chi connectivity index (χ2v) is 7.36. The Morgan fingerprint density at radius 2 is 2.07 bits per heavy atom. The molecule has 0 saturated carbocycles. The smallest absolute Gasteiger partial charge is 0.322 e. The van der Waals surface area contributed by atoms with E-state index in [4.69, 9.17) is 20.9 Å². The van der Waals surface area contributed by atoms with Crippen molar-refractivity contribution < 1.29 is 14.1 Å². The van der Waals surface area contributed by atoms with E-state index in [2.05, 4.69) is 15.5 Å². The number of aryl methyl sites for hydroxylation is 1. The molecule has 1 saturated heterocycles. The third kappa shape index (κ3) is 4.05. The molecular formula is C21H21ClN4O3. The summed E-state index contributed by atoms with van der Waals surface area (Å²) in [6, 6.07) is 12.4. The van der Waals surface area contributed by atoms with Crippen LogP contribution in [-0.2, 0) is 0 Å². The van der Waals surface area contributed by atoms with E-state index < -0.39 is 0 Å². The molecule has 2 amide bonds. The van der Waals surface area contributed by atoms with Gasteiger partial charge in [0.2, 0.25) is 11.7 Å². The minimum atomic E-state index is -0.265. The maximum atomic E-state index is 12.8. The van der Waals surface area contributed by atoms with Crippen LogP contribution in [0.25, 0.3) is 11.4 Å². The largest absolute Gasteiger partial charge is 0.497 e. The molecule has 2 heterocycles. The van der Waals surface area contributed by atoms with Gasteiger partial charge in [-0.2, -0.15) is 4.98 Å². The first-order valence-electron chi connectivity index (χ1n) is 9.37. The molecule has 0 aliphatic carbocycles. The predicted octanol–water partition coefficient (Wildman–Crippen LogP) is 5.08. The van der Waals surface area contributed by atoms with E-state index in [0.29, 0.717) is 29.0 Å². The molecule has 1 aliphatic heterocycles. The molecule has 1 atom stereocenters. The number of hydrogen-bond acceptors (Lipinski definition) is 5. The lowest BCUT2D eigenvalue weighted by Gasteiger charge is -2.22. The van der Waals surface area contributed by atoms with Gasteiger partial charge in [0, 0.05) is 12.1 Å². The number of nitrogens with zero attached hydrogens (tertiary/aromatic N) is 3. The molecule has 0 radical (unpaired) electrons. The predicted molar refractivity (Wildman–Crippen MR) is 110 cm³/mol. The maximum Gasteiger partial charge on any atom is 0.322 e. The molecule has 1 N–H and O–H groups in total. The number of amides is 2. The Balaban J connectivity index is 1.50. The Bertz CT molecular complexity index is 1020. The second kappa shape index (κ2) is 8.13. The first-order chi connectivity index (χ1) is 14.0. The van der Waals surface area contributed by atoms with Gasteiger partial charge in [-0.05, 0) is 61.7 Å². The van der Waals surface area contributed by atoms with Crippen molar-refractivity contribution in [3.8, 4) is 17.1 Å². The van der Waals surface area contributed by atoms with Gasteiger partial charge in [-0.25, -0.2) is 4.79 Å². The van der Waals surface area contributed by atoms with Crippen LogP contribution in [0.15, 0.2) is 47.0 Å². The highest BCUT2D eigenvalue weighted by molar-refractivity contribution is 6.33. The van der Waals surface area contributed by atoms with Crippen molar-refractivity contribution in [1.29, 1.82) is 0 Å². The Labute approximate surface area is 173 Å². The Hall–Kier alpha value is -3.06. The van der Waals surface area contributed by atoms with Crippen LogP contribution < -0.4 is 10.1 Å². The molecule has 0 unspecified atom stereocenters. The average molecular weight is 413 g/mol. The Kier molecular flexibility index (Phi) is 5.40. The van der Waals surface area contributed by atoms with Crippen molar-refractivity contribution in [1.82, 2.24) is 15.0 Å². The molecular weight excluding hydrogens is 392 g/mol. The van der Waals surface area contributed by atoms with Crippen LogP contribution in [0.2, 0.25) is 5.02 Å². The molecule has 0 spiro atoms. The number of rotatable bonds is 4. The number of likely N-dealkylation sites (tertiary alicyclic amines) is 1. The van der Waals surface area contributed by atoms with Crippen molar-refractivity contribution in [2.24, 2.45) is 0 Å². The summed E-state index contributed by atoms with van der Waals surface area (Å²) in [6.07, 6.45) is 1.62. The van der Waals surface area contributed by atoms with Crippen molar-refractivity contribution in [2.45, 2.75) is 25.8 Å². The third-order valence-corrected chi connectivity index (χ3v) is 5.27. The summed E-state index contributed by atoms with van der Waals surface area (Å²) in [5.41, 5.74) is 2.43. The lowest BCUT2D eigenvalue weighted by atomic mass is 10.2. The molecule has 7 nitrogen and oxygen atoms in total. The fraction of sp³-hybridized carbons (Fsp3) is 0.286. The number of benzene rings is 2. The van der Waals surface area contributed by atoms with Crippen LogP contribution in [0.4, 0.5) is 10.5 Å². The molecule has 1 aromatic heterocycles. The van der Waals surface area contributed by atoms with Gasteiger partial charge in [-0.1, -0.05) is 22.8 Å². The highest BCUT2D eigenvalue weighted by Crippen LogP contribution is 2.33. The van der Waals surface area contributed by atoms with Crippen LogP contribution in [-0.4, -0.2) is 34.7 Å². The quantitative estimate of drug-likeness (QED) is 0.646. The average Bonchev–Trinajstić information content (AvgIpc) is 3.39. The highest BCUT2D eigenvalue weighted by atomic mass is 35.5. The Morgan fingerprint density at radius 3 is 2.79 bits per heavy atom. The molecule has 150 valence electrons. The van der Waals surface area contributed by atoms with Gasteiger partial charge in [0.05, 0.1) is 17.8 Å². The van der Waals surface area contributed by atoms with Gasteiger partial charge < -0.3 is 19.5 Å². The number of methoxy groups -OCH3 is 1. The molecule has 1 aliphatic rings. The summed E-state index contributed by atoms with van der Waals surface area (Å²) >= 11 is 6.24. The standard InChI is InChI=1S/C21H21ClN4O3/c1-13-5-10-17(16(22)12-13)23-21(27)26-11-3-4-18(26)20-24-19(25-29-20)14-6-8-15(28-2)9-7-14/h5-10,12,18H,3-4,11H2,1-2H3,(H,23,27)/t18-/m1/s1. The van der Waals surface area contributed by atoms with E-state index in [9.17, 15) is 4.79 Å². The summed E-state index contributed by atoms with van der Waals surface area (Å²) in [7, 11) is 1.62. The number of anilines is 1. The first kappa shape index (κ1) is 19.3. The maximum absolute atomic E-state index is 12.8. The van der Waals surface area contributed by atoms with Crippen molar-refractivity contribution in [2.75, 3.05) is 19.0 Å². The molecule has 1 fully saturated rings. The first-order valence-corrected chi connectivity index (χ1v) is 9.75. The zero-order valence-electron chi connectivity index (χ0n) is 16.2. The molecule has 8 heteroatoms. The molecule has 4 rings (SSSR count). The summed E-state index contributed by atoms with van der Waals surface area (Å²) in [5.74, 6) is 1.67. The number of halogens is 1. The molecule has 3 aromatic rings. The fourth-order valence-corrected chi connectivity index (χ4v) is 3.69. The number of hydrogen-bond donors (Lipinski definition) is 1. The van der Waals surface area contributed by atoms with Gasteiger partial charge in [-0.3, -0.25) is 0 Å². The van der Waals surface area contributed by atoms with Crippen LogP contribution in [0.1, 0.15) is 30.3 Å². The summed E-state index contributed by atoms with van der Waals surface area (Å²) in [6.45, 7) is 2.56. The zero-order valence-corrected chi connectivity index (χ0v) is 16.9. The van der Waals surface area contributed by atoms with Gasteiger partial charge in [0.15, 0.2) is 0 Å². The van der Waals surface area contributed by atoms with E-state index in [1.54, 1.807) is 18.1 Å². The second-order valence-electron chi connectivity index (χ2n) is 6.95. The van der Waals surface area contributed by atoms with E-state index in [1.807, 2.05) is 43.3 Å². The SMILES string of the molecule is COc1ccc(-c2noc([C@H]3CCCN3C(=O)Nc3ccc(C)cc3Cl)n2)cc1. The zero-order chi connectivity index (χ0) is 20.4. The number of urea groups is 1. The topological polar surface area (TPSA) is 80.5 Å². The van der Waals surface area contributed by atoms with E-state index in [-0.39, 0.29) is 12.1 Å². The van der Waals surface area contributed by atoms with Gasteiger partial charge >= 0.3 is 6.03 Å². The fourth-order valence-electron chi connectivity index (χ4n) is 3.40. The molecule has 2 aromatic carbocycles. The summed E-state index contributed by atoms with van der Waals surface area (Å²) in [4.78, 5) is 19.1. The molecule has 29 heavy (non-hydrogen) atoms. The number of ether oxygens (including phenoxy) is 1. The van der Waals surface area contributed by atoms with Gasteiger partial charge in [0.25, 0.3) is 0 Å². The summed E-state index contributed by atoms with van der Waals surface area (Å²) < 4.78 is 10.7. The normalized spacial score (nSPS) is 16.1. The van der Waals surface area contributed by atoms with Crippen LogP contribution >= 0.6 is 11.6 Å². The lowest BCUT2D eigenvalue weighted by Crippen LogP contribution is -2.34. The third-order valence-electron chi connectivity index (χ3n) is 4.95. The van der Waals surface area contributed by atoms with Crippen molar-refractivity contribution in [3.05, 3.63) is 58.9 Å². The number of aromatic nitrogens is 2. The number of nitrogens with one attached hydrogen (secondary N) is 1. The number of carbonyl (C=O) groups is 1. The highest BCUT2D eigenvalue weighted by Gasteiger charge is 2.34. The van der Waals surface area contributed by atoms with E-state index in [1.165, 1.54) is 0 Å². The molecule has 0 bridgehead atoms.